The van der Waals surface area contributed by atoms with Crippen LogP contribution in [0.5, 0.6) is 0 Å². The van der Waals surface area contributed by atoms with Crippen LogP contribution in [-0.2, 0) is 6.54 Å². The van der Waals surface area contributed by atoms with E-state index in [0.29, 0.717) is 11.9 Å². The topological polar surface area (TPSA) is 47.1 Å². The fourth-order valence-electron chi connectivity index (χ4n) is 3.06. The van der Waals surface area contributed by atoms with Gasteiger partial charge in [0.25, 0.3) is 0 Å². The molecule has 1 aliphatic rings. The molecule has 1 aromatic heterocycles. The van der Waals surface area contributed by atoms with Gasteiger partial charge in [-0.15, -0.1) is 0 Å². The highest BCUT2D eigenvalue weighted by Gasteiger charge is 2.21. The van der Waals surface area contributed by atoms with Crippen LogP contribution in [-0.4, -0.2) is 27.8 Å². The maximum absolute atomic E-state index is 5.70. The number of hydrogen-bond acceptors (Lipinski definition) is 3. The second-order valence-electron chi connectivity index (χ2n) is 6.15. The van der Waals surface area contributed by atoms with Crippen molar-refractivity contribution in [3.8, 4) is 0 Å². The van der Waals surface area contributed by atoms with Crippen LogP contribution in [0.2, 0.25) is 0 Å². The second-order valence-corrected chi connectivity index (χ2v) is 6.15. The molecule has 2 heterocycles. The van der Waals surface area contributed by atoms with E-state index in [4.69, 9.17) is 5.73 Å². The molecule has 0 spiro atoms. The zero-order chi connectivity index (χ0) is 14.8. The molecule has 1 aliphatic heterocycles. The Labute approximate surface area is 126 Å². The number of nitrogen functional groups attached to an aromatic ring is 1. The molecule has 0 amide bonds. The number of nitrogens with zero attached hydrogens (tertiary/aromatic N) is 3. The molecule has 0 radical (unpaired) electrons. The lowest BCUT2D eigenvalue weighted by Gasteiger charge is -2.32. The van der Waals surface area contributed by atoms with E-state index in [1.165, 1.54) is 16.7 Å². The van der Waals surface area contributed by atoms with Gasteiger partial charge in [-0.2, -0.15) is 5.10 Å². The van der Waals surface area contributed by atoms with E-state index in [9.17, 15) is 0 Å². The highest BCUT2D eigenvalue weighted by molar-refractivity contribution is 5.29. The minimum atomic E-state index is 0.498. The van der Waals surface area contributed by atoms with Crippen molar-refractivity contribution in [3.63, 3.8) is 0 Å². The SMILES string of the molecule is Cc1ccc(CN2CCC(n3ccc(N)n3)CC2)cc1C. The Morgan fingerprint density at radius 2 is 1.90 bits per heavy atom. The van der Waals surface area contributed by atoms with Gasteiger partial charge in [0.1, 0.15) is 5.82 Å². The third-order valence-corrected chi connectivity index (χ3v) is 4.54. The third-order valence-electron chi connectivity index (χ3n) is 4.54. The molecular formula is C17H24N4. The maximum atomic E-state index is 5.70. The van der Waals surface area contributed by atoms with Crippen LogP contribution in [0, 0.1) is 13.8 Å². The Kier molecular flexibility index (Phi) is 3.97. The van der Waals surface area contributed by atoms with E-state index in [2.05, 4.69) is 42.0 Å². The van der Waals surface area contributed by atoms with Crippen LogP contribution in [0.15, 0.2) is 30.5 Å². The van der Waals surface area contributed by atoms with Gasteiger partial charge in [0.2, 0.25) is 0 Å². The van der Waals surface area contributed by atoms with E-state index in [1.54, 1.807) is 0 Å². The first-order chi connectivity index (χ1) is 10.1. The number of benzene rings is 1. The molecule has 4 nitrogen and oxygen atoms in total. The van der Waals surface area contributed by atoms with Crippen LogP contribution < -0.4 is 5.73 Å². The second kappa shape index (κ2) is 5.90. The van der Waals surface area contributed by atoms with Crippen LogP contribution in [0.4, 0.5) is 5.82 Å². The average Bonchev–Trinajstić information content (AvgIpc) is 2.90. The smallest absolute Gasteiger partial charge is 0.145 e. The minimum Gasteiger partial charge on any atom is -0.382 e. The average molecular weight is 284 g/mol. The van der Waals surface area contributed by atoms with E-state index in [-0.39, 0.29) is 0 Å². The van der Waals surface area contributed by atoms with Crippen molar-refractivity contribution in [3.05, 3.63) is 47.2 Å². The summed E-state index contributed by atoms with van der Waals surface area (Å²) in [5.41, 5.74) is 9.87. The fourth-order valence-corrected chi connectivity index (χ4v) is 3.06. The molecule has 4 heteroatoms. The summed E-state index contributed by atoms with van der Waals surface area (Å²) in [6.07, 6.45) is 4.29. The third kappa shape index (κ3) is 3.27. The maximum Gasteiger partial charge on any atom is 0.145 e. The van der Waals surface area contributed by atoms with Gasteiger partial charge in [-0.1, -0.05) is 18.2 Å². The van der Waals surface area contributed by atoms with Crippen molar-refractivity contribution in [1.82, 2.24) is 14.7 Å². The summed E-state index contributed by atoms with van der Waals surface area (Å²) in [6, 6.07) is 9.17. The number of nitrogens with two attached hydrogens (primary N) is 1. The summed E-state index contributed by atoms with van der Waals surface area (Å²) in [4.78, 5) is 2.54. The lowest BCUT2D eigenvalue weighted by molar-refractivity contribution is 0.173. The number of hydrogen-bond donors (Lipinski definition) is 1. The Bertz CT molecular complexity index is 609. The summed E-state index contributed by atoms with van der Waals surface area (Å²) in [5, 5.41) is 4.34. The predicted molar refractivity (Wildman–Crippen MR) is 86.1 cm³/mol. The van der Waals surface area contributed by atoms with Gasteiger partial charge in [0.05, 0.1) is 6.04 Å². The van der Waals surface area contributed by atoms with Gasteiger partial charge in [-0.3, -0.25) is 9.58 Å². The highest BCUT2D eigenvalue weighted by Crippen LogP contribution is 2.23. The van der Waals surface area contributed by atoms with E-state index < -0.39 is 0 Å². The number of aromatic nitrogens is 2. The first-order valence-electron chi connectivity index (χ1n) is 7.71. The van der Waals surface area contributed by atoms with Crippen molar-refractivity contribution in [2.45, 2.75) is 39.3 Å². The van der Waals surface area contributed by atoms with Crippen molar-refractivity contribution < 1.29 is 0 Å². The van der Waals surface area contributed by atoms with E-state index in [1.807, 2.05) is 16.9 Å². The van der Waals surface area contributed by atoms with Crippen LogP contribution in [0.1, 0.15) is 35.6 Å². The molecule has 112 valence electrons. The van der Waals surface area contributed by atoms with Gasteiger partial charge in [0, 0.05) is 25.8 Å². The molecule has 0 unspecified atom stereocenters. The largest absolute Gasteiger partial charge is 0.382 e. The normalized spacial score (nSPS) is 17.2. The molecular weight excluding hydrogens is 260 g/mol. The highest BCUT2D eigenvalue weighted by atomic mass is 15.3. The van der Waals surface area contributed by atoms with Crippen LogP contribution in [0.3, 0.4) is 0 Å². The first kappa shape index (κ1) is 14.1. The molecule has 1 aromatic carbocycles. The molecule has 0 saturated carbocycles. The standard InChI is InChI=1S/C17H24N4/c1-13-3-4-15(11-14(13)2)12-20-8-5-16(6-9-20)21-10-7-17(18)19-21/h3-4,7,10-11,16H,5-6,8-9,12H2,1-2H3,(H2,18,19). The van der Waals surface area contributed by atoms with Crippen molar-refractivity contribution in [2.24, 2.45) is 0 Å². The molecule has 0 atom stereocenters. The quantitative estimate of drug-likeness (QED) is 0.942. The lowest BCUT2D eigenvalue weighted by Crippen LogP contribution is -2.34. The van der Waals surface area contributed by atoms with Crippen molar-refractivity contribution in [1.29, 1.82) is 0 Å². The number of anilines is 1. The summed E-state index contributed by atoms with van der Waals surface area (Å²) in [5.74, 6) is 0.618. The Hall–Kier alpha value is -1.81. The predicted octanol–water partition coefficient (Wildman–Crippen LogP) is 2.92. The zero-order valence-electron chi connectivity index (χ0n) is 12.9. The van der Waals surface area contributed by atoms with Gasteiger partial charge in [-0.05, 0) is 49.4 Å². The molecule has 0 aliphatic carbocycles. The summed E-state index contributed by atoms with van der Waals surface area (Å²) < 4.78 is 2.03. The molecule has 21 heavy (non-hydrogen) atoms. The molecule has 2 aromatic rings. The van der Waals surface area contributed by atoms with E-state index in [0.717, 1.165) is 32.5 Å². The Morgan fingerprint density at radius 3 is 2.52 bits per heavy atom. The van der Waals surface area contributed by atoms with Crippen LogP contribution in [0.25, 0.3) is 0 Å². The van der Waals surface area contributed by atoms with Crippen molar-refractivity contribution in [2.75, 3.05) is 18.8 Å². The Balaban J connectivity index is 1.57. The van der Waals surface area contributed by atoms with Gasteiger partial charge < -0.3 is 5.73 Å². The summed E-state index contributed by atoms with van der Waals surface area (Å²) in [6.45, 7) is 7.65. The Morgan fingerprint density at radius 1 is 1.14 bits per heavy atom. The van der Waals surface area contributed by atoms with E-state index >= 15 is 0 Å². The van der Waals surface area contributed by atoms with Crippen LogP contribution >= 0.6 is 0 Å². The number of likely N-dealkylation sites (tertiary alicyclic amines) is 1. The first-order valence-corrected chi connectivity index (χ1v) is 7.71. The number of piperidine rings is 1. The lowest BCUT2D eigenvalue weighted by atomic mass is 10.0. The molecule has 3 rings (SSSR count). The summed E-state index contributed by atoms with van der Waals surface area (Å²) in [7, 11) is 0. The monoisotopic (exact) mass is 284 g/mol. The zero-order valence-corrected chi connectivity index (χ0v) is 12.9. The number of aryl methyl sites for hydroxylation is 2. The van der Waals surface area contributed by atoms with Gasteiger partial charge in [-0.25, -0.2) is 0 Å². The van der Waals surface area contributed by atoms with Crippen molar-refractivity contribution >= 4 is 5.82 Å². The van der Waals surface area contributed by atoms with Gasteiger partial charge >= 0.3 is 0 Å². The minimum absolute atomic E-state index is 0.498. The van der Waals surface area contributed by atoms with Gasteiger partial charge in [0.15, 0.2) is 0 Å². The fraction of sp³-hybridized carbons (Fsp3) is 0.471. The molecule has 1 fully saturated rings. The molecule has 1 saturated heterocycles. The molecule has 2 N–H and O–H groups in total. The summed E-state index contributed by atoms with van der Waals surface area (Å²) >= 11 is 0. The number of rotatable bonds is 3. The molecule has 0 bridgehead atoms.